The summed E-state index contributed by atoms with van der Waals surface area (Å²) in [6.45, 7) is 0.201. The monoisotopic (exact) mass is 554 g/mol. The highest BCUT2D eigenvalue weighted by molar-refractivity contribution is 6.35. The van der Waals surface area contributed by atoms with Crippen molar-refractivity contribution in [2.24, 2.45) is 11.8 Å². The highest BCUT2D eigenvalue weighted by Crippen LogP contribution is 2.54. The predicted octanol–water partition coefficient (Wildman–Crippen LogP) is 3.71. The van der Waals surface area contributed by atoms with Crippen LogP contribution in [0.5, 0.6) is 11.5 Å². The van der Waals surface area contributed by atoms with Gasteiger partial charge in [0, 0.05) is 28.7 Å². The number of para-hydroxylation sites is 2. The van der Waals surface area contributed by atoms with Gasteiger partial charge in [-0.2, -0.15) is 0 Å². The molecule has 4 aliphatic heterocycles. The van der Waals surface area contributed by atoms with E-state index < -0.39 is 23.4 Å². The second kappa shape index (κ2) is 8.33. The number of fused-ring (bicyclic) bond motifs is 6. The van der Waals surface area contributed by atoms with E-state index in [1.165, 1.54) is 4.90 Å². The third-order valence-corrected chi connectivity index (χ3v) is 9.00. The number of benzene rings is 3. The van der Waals surface area contributed by atoms with E-state index in [9.17, 15) is 14.4 Å². The topological polar surface area (TPSA) is 113 Å². The molecule has 9 nitrogen and oxygen atoms in total. The van der Waals surface area contributed by atoms with Crippen molar-refractivity contribution in [1.82, 2.24) is 15.2 Å². The Morgan fingerprint density at radius 1 is 0.975 bits per heavy atom. The summed E-state index contributed by atoms with van der Waals surface area (Å²) in [5.41, 5.74) is 2.37. The van der Waals surface area contributed by atoms with Gasteiger partial charge in [-0.15, -0.1) is 0 Å². The van der Waals surface area contributed by atoms with Crippen LogP contribution in [0, 0.1) is 11.8 Å². The number of carbonyl (C=O) groups excluding carboxylic acids is 3. The minimum atomic E-state index is -1.42. The third kappa shape index (κ3) is 3.10. The smallest absolute Gasteiger partial charge is 0.250 e. The van der Waals surface area contributed by atoms with Gasteiger partial charge in [-0.1, -0.05) is 48.0 Å². The lowest BCUT2D eigenvalue weighted by Crippen LogP contribution is -2.53. The summed E-state index contributed by atoms with van der Waals surface area (Å²) in [4.78, 5) is 46.7. The van der Waals surface area contributed by atoms with Crippen LogP contribution in [0.4, 0.5) is 5.69 Å². The first-order valence-corrected chi connectivity index (χ1v) is 13.5. The Morgan fingerprint density at radius 2 is 1.82 bits per heavy atom. The van der Waals surface area contributed by atoms with E-state index in [4.69, 9.17) is 21.1 Å². The number of nitrogens with zero attached hydrogens (tertiary/aromatic N) is 1. The van der Waals surface area contributed by atoms with E-state index >= 15 is 0 Å². The van der Waals surface area contributed by atoms with Gasteiger partial charge in [0.2, 0.25) is 24.5 Å². The molecule has 40 heavy (non-hydrogen) atoms. The molecule has 5 heterocycles. The number of imide groups is 1. The second-order valence-corrected chi connectivity index (χ2v) is 11.1. The summed E-state index contributed by atoms with van der Waals surface area (Å²) in [6.07, 6.45) is 2.38. The molecule has 0 unspecified atom stereocenters. The number of hydrogen-bond donors (Lipinski definition) is 3. The first-order chi connectivity index (χ1) is 19.5. The van der Waals surface area contributed by atoms with Gasteiger partial charge in [-0.05, 0) is 41.8 Å². The number of ether oxygens (including phenoxy) is 2. The zero-order valence-corrected chi connectivity index (χ0v) is 21.8. The van der Waals surface area contributed by atoms with Gasteiger partial charge in [0.1, 0.15) is 5.54 Å². The largest absolute Gasteiger partial charge is 0.454 e. The molecule has 10 heteroatoms. The molecule has 4 aliphatic rings. The number of amides is 3. The molecule has 4 aromatic rings. The molecule has 2 fully saturated rings. The Balaban J connectivity index is 1.22. The maximum Gasteiger partial charge on any atom is 0.250 e. The molecule has 3 aromatic carbocycles. The van der Waals surface area contributed by atoms with Crippen molar-refractivity contribution < 1.29 is 23.9 Å². The SMILES string of the molecule is O=C1[C@@H]2[C@H](Cc3c[nH]c4ccccc34)N[C@@]3(C(=O)Nc4c(Cl)cccc43)[C@H]2C(=O)N1Cc1ccc2c(c1)OCO2. The van der Waals surface area contributed by atoms with Crippen LogP contribution < -0.4 is 20.1 Å². The number of aromatic nitrogens is 1. The van der Waals surface area contributed by atoms with Crippen LogP contribution in [-0.4, -0.2) is 40.4 Å². The predicted molar refractivity (Wildman–Crippen MR) is 146 cm³/mol. The fourth-order valence-electron chi connectivity index (χ4n) is 6.94. The summed E-state index contributed by atoms with van der Waals surface area (Å²) >= 11 is 6.47. The molecule has 3 N–H and O–H groups in total. The minimum Gasteiger partial charge on any atom is -0.454 e. The van der Waals surface area contributed by atoms with Crippen molar-refractivity contribution >= 4 is 45.9 Å². The average Bonchev–Trinajstić information content (AvgIpc) is 3.75. The number of carbonyl (C=O) groups is 3. The highest BCUT2D eigenvalue weighted by Gasteiger charge is 2.70. The van der Waals surface area contributed by atoms with Crippen LogP contribution >= 0.6 is 11.6 Å². The number of H-pyrrole nitrogens is 1. The highest BCUT2D eigenvalue weighted by atomic mass is 35.5. The summed E-state index contributed by atoms with van der Waals surface area (Å²) in [5.74, 6) is -1.54. The molecular formula is C30H23ClN4O5. The van der Waals surface area contributed by atoms with Gasteiger partial charge in [-0.25, -0.2) is 0 Å². The molecule has 0 bridgehead atoms. The van der Waals surface area contributed by atoms with Crippen LogP contribution in [0.2, 0.25) is 5.02 Å². The molecule has 4 atom stereocenters. The van der Waals surface area contributed by atoms with Gasteiger partial charge in [0.15, 0.2) is 11.5 Å². The van der Waals surface area contributed by atoms with Crippen LogP contribution in [0.25, 0.3) is 10.9 Å². The van der Waals surface area contributed by atoms with Crippen LogP contribution in [0.1, 0.15) is 16.7 Å². The molecule has 8 rings (SSSR count). The van der Waals surface area contributed by atoms with Crippen molar-refractivity contribution in [3.63, 3.8) is 0 Å². The fourth-order valence-corrected chi connectivity index (χ4v) is 7.16. The third-order valence-electron chi connectivity index (χ3n) is 8.68. The molecule has 3 amide bonds. The normalized spacial score (nSPS) is 26.2. The fraction of sp³-hybridized carbons (Fsp3) is 0.233. The zero-order chi connectivity index (χ0) is 27.2. The van der Waals surface area contributed by atoms with Gasteiger partial charge < -0.3 is 19.8 Å². The van der Waals surface area contributed by atoms with Crippen molar-refractivity contribution in [1.29, 1.82) is 0 Å². The Hall–Kier alpha value is -4.34. The van der Waals surface area contributed by atoms with Crippen molar-refractivity contribution in [2.45, 2.75) is 24.5 Å². The van der Waals surface area contributed by atoms with Crippen molar-refractivity contribution in [3.8, 4) is 11.5 Å². The number of hydrogen-bond acceptors (Lipinski definition) is 6. The van der Waals surface area contributed by atoms with E-state index in [1.54, 1.807) is 30.3 Å². The molecule has 0 radical (unpaired) electrons. The van der Waals surface area contributed by atoms with Gasteiger partial charge in [-0.3, -0.25) is 24.6 Å². The number of likely N-dealkylation sites (tertiary alicyclic amines) is 1. The van der Waals surface area contributed by atoms with Crippen LogP contribution in [0.3, 0.4) is 0 Å². The first kappa shape index (κ1) is 23.5. The van der Waals surface area contributed by atoms with E-state index in [-0.39, 0.29) is 31.1 Å². The van der Waals surface area contributed by atoms with Gasteiger partial charge >= 0.3 is 0 Å². The van der Waals surface area contributed by atoms with Gasteiger partial charge in [0.25, 0.3) is 0 Å². The quantitative estimate of drug-likeness (QED) is 0.332. The molecule has 1 aromatic heterocycles. The Kier molecular flexibility index (Phi) is 4.90. The number of aromatic amines is 1. The standard InChI is InChI=1S/C30H23ClN4O5/c31-19-6-3-5-18-26(19)33-29(38)30(18)25-24(21(34-30)11-16-12-32-20-7-2-1-4-17(16)20)27(36)35(28(25)37)13-15-8-9-22-23(10-15)40-14-39-22/h1-10,12,21,24-25,32,34H,11,13-14H2,(H,33,38)/t21-,24+,25+,30+/m0/s1. The Labute approximate surface area is 233 Å². The lowest BCUT2D eigenvalue weighted by Gasteiger charge is -2.29. The van der Waals surface area contributed by atoms with E-state index in [0.717, 1.165) is 22.0 Å². The van der Waals surface area contributed by atoms with Crippen LogP contribution in [-0.2, 0) is 32.9 Å². The Morgan fingerprint density at radius 3 is 2.73 bits per heavy atom. The van der Waals surface area contributed by atoms with Crippen LogP contribution in [0.15, 0.2) is 66.9 Å². The molecule has 2 saturated heterocycles. The Bertz CT molecular complexity index is 1770. The summed E-state index contributed by atoms with van der Waals surface area (Å²) < 4.78 is 10.9. The summed E-state index contributed by atoms with van der Waals surface area (Å²) in [6, 6.07) is 18.1. The number of anilines is 1. The molecule has 0 aliphatic carbocycles. The van der Waals surface area contributed by atoms with Crippen molar-refractivity contribution in [3.05, 3.63) is 88.6 Å². The average molecular weight is 555 g/mol. The number of rotatable bonds is 4. The van der Waals surface area contributed by atoms with Crippen molar-refractivity contribution in [2.75, 3.05) is 12.1 Å². The molecule has 0 saturated carbocycles. The van der Waals surface area contributed by atoms with Gasteiger partial charge in [0.05, 0.1) is 29.1 Å². The summed E-state index contributed by atoms with van der Waals surface area (Å²) in [5, 5.41) is 7.81. The van der Waals surface area contributed by atoms with E-state index in [1.807, 2.05) is 36.5 Å². The maximum atomic E-state index is 14.2. The molecule has 200 valence electrons. The number of halogens is 1. The molecule has 1 spiro atoms. The second-order valence-electron chi connectivity index (χ2n) is 10.7. The molecular weight excluding hydrogens is 532 g/mol. The summed E-state index contributed by atoms with van der Waals surface area (Å²) in [7, 11) is 0. The zero-order valence-electron chi connectivity index (χ0n) is 21.1. The lowest BCUT2D eigenvalue weighted by molar-refractivity contribution is -0.143. The maximum absolute atomic E-state index is 14.2. The lowest BCUT2D eigenvalue weighted by atomic mass is 9.76. The van der Waals surface area contributed by atoms with E-state index in [0.29, 0.717) is 34.2 Å². The minimum absolute atomic E-state index is 0.0706. The number of nitrogens with one attached hydrogen (secondary N) is 3. The van der Waals surface area contributed by atoms with E-state index in [2.05, 4.69) is 15.6 Å². The first-order valence-electron chi connectivity index (χ1n) is 13.1.